The predicted molar refractivity (Wildman–Crippen MR) is 103 cm³/mol. The van der Waals surface area contributed by atoms with Crippen molar-refractivity contribution in [1.82, 2.24) is 15.4 Å². The fraction of sp³-hybridized carbons (Fsp3) is 0.412. The molecule has 0 bridgehead atoms. The quantitative estimate of drug-likeness (QED) is 0.815. The Labute approximate surface area is 168 Å². The average Bonchev–Trinajstić information content (AvgIpc) is 3.05. The second kappa shape index (κ2) is 8.95. The molecule has 2 heterocycles. The number of hydrogen-bond donors (Lipinski definition) is 1. The molecular formula is C17H20Cl3N3O3. The van der Waals surface area contributed by atoms with Gasteiger partial charge in [0, 0.05) is 31.2 Å². The smallest absolute Gasteiger partial charge is 0.276 e. The summed E-state index contributed by atoms with van der Waals surface area (Å²) in [5.74, 6) is 0.654. The van der Waals surface area contributed by atoms with Crippen molar-refractivity contribution in [3.05, 3.63) is 45.8 Å². The minimum absolute atomic E-state index is 0. The average molecular weight is 421 g/mol. The van der Waals surface area contributed by atoms with Crippen molar-refractivity contribution in [3.8, 4) is 5.75 Å². The summed E-state index contributed by atoms with van der Waals surface area (Å²) in [6.45, 7) is 5.54. The molecule has 3 rings (SSSR count). The highest BCUT2D eigenvalue weighted by molar-refractivity contribution is 6.37. The fourth-order valence-electron chi connectivity index (χ4n) is 2.74. The van der Waals surface area contributed by atoms with E-state index in [1.165, 1.54) is 0 Å². The molecule has 2 unspecified atom stereocenters. The van der Waals surface area contributed by atoms with Crippen LogP contribution in [0.4, 0.5) is 0 Å². The number of nitrogens with one attached hydrogen (secondary N) is 1. The van der Waals surface area contributed by atoms with Crippen LogP contribution in [0.5, 0.6) is 5.75 Å². The molecule has 1 aromatic carbocycles. The second-order valence-corrected chi connectivity index (χ2v) is 6.81. The summed E-state index contributed by atoms with van der Waals surface area (Å²) >= 11 is 12.1. The van der Waals surface area contributed by atoms with Crippen molar-refractivity contribution < 1.29 is 14.1 Å². The van der Waals surface area contributed by atoms with E-state index in [2.05, 4.69) is 17.4 Å². The Morgan fingerprint density at radius 1 is 1.38 bits per heavy atom. The zero-order valence-corrected chi connectivity index (χ0v) is 16.7. The molecule has 26 heavy (non-hydrogen) atoms. The molecule has 1 aromatic heterocycles. The lowest BCUT2D eigenvalue weighted by Crippen LogP contribution is -2.57. The third kappa shape index (κ3) is 4.43. The molecule has 1 aliphatic heterocycles. The first kappa shape index (κ1) is 20.8. The maximum Gasteiger partial charge on any atom is 0.276 e. The van der Waals surface area contributed by atoms with Gasteiger partial charge < -0.3 is 19.5 Å². The molecule has 1 amide bonds. The number of ether oxygens (including phenoxy) is 1. The van der Waals surface area contributed by atoms with Gasteiger partial charge in [-0.2, -0.15) is 0 Å². The molecule has 142 valence electrons. The van der Waals surface area contributed by atoms with Gasteiger partial charge in [-0.1, -0.05) is 34.4 Å². The number of hydrogen-bond acceptors (Lipinski definition) is 5. The Kier molecular flexibility index (Phi) is 7.17. The van der Waals surface area contributed by atoms with E-state index < -0.39 is 0 Å². The van der Waals surface area contributed by atoms with Gasteiger partial charge >= 0.3 is 0 Å². The van der Waals surface area contributed by atoms with Crippen LogP contribution in [0, 0.1) is 0 Å². The van der Waals surface area contributed by atoms with Crippen LogP contribution in [0.3, 0.4) is 0 Å². The highest BCUT2D eigenvalue weighted by Gasteiger charge is 2.30. The van der Waals surface area contributed by atoms with Gasteiger partial charge in [0.25, 0.3) is 5.91 Å². The third-order valence-electron chi connectivity index (χ3n) is 4.35. The lowest BCUT2D eigenvalue weighted by molar-refractivity contribution is 0.0592. The lowest BCUT2D eigenvalue weighted by atomic mass is 10.1. The Hall–Kier alpha value is -1.47. The summed E-state index contributed by atoms with van der Waals surface area (Å²) in [5, 5.41) is 8.03. The Morgan fingerprint density at radius 2 is 2.08 bits per heavy atom. The molecule has 1 fully saturated rings. The van der Waals surface area contributed by atoms with E-state index in [0.29, 0.717) is 28.1 Å². The first-order valence-electron chi connectivity index (χ1n) is 8.04. The van der Waals surface area contributed by atoms with Gasteiger partial charge in [0.2, 0.25) is 0 Å². The number of piperazine rings is 1. The van der Waals surface area contributed by atoms with Crippen molar-refractivity contribution in [2.45, 2.75) is 32.5 Å². The number of carbonyl (C=O) groups excluding carboxylic acids is 1. The van der Waals surface area contributed by atoms with Crippen LogP contribution in [0.25, 0.3) is 0 Å². The molecule has 2 atom stereocenters. The summed E-state index contributed by atoms with van der Waals surface area (Å²) in [7, 11) is 0. The number of rotatable bonds is 4. The molecule has 9 heteroatoms. The lowest BCUT2D eigenvalue weighted by Gasteiger charge is -2.38. The van der Waals surface area contributed by atoms with E-state index in [4.69, 9.17) is 32.5 Å². The van der Waals surface area contributed by atoms with E-state index in [-0.39, 0.29) is 42.7 Å². The molecule has 1 aliphatic rings. The maximum absolute atomic E-state index is 12.6. The maximum atomic E-state index is 12.6. The summed E-state index contributed by atoms with van der Waals surface area (Å²) in [6, 6.07) is 7.01. The molecular weight excluding hydrogens is 401 g/mol. The molecule has 0 radical (unpaired) electrons. The highest BCUT2D eigenvalue weighted by atomic mass is 35.5. The van der Waals surface area contributed by atoms with Gasteiger partial charge in [0.1, 0.15) is 6.61 Å². The first-order valence-corrected chi connectivity index (χ1v) is 8.79. The van der Waals surface area contributed by atoms with Crippen molar-refractivity contribution in [2.24, 2.45) is 0 Å². The Bertz CT molecular complexity index is 748. The first-order chi connectivity index (χ1) is 12.0. The van der Waals surface area contributed by atoms with Gasteiger partial charge in [0.05, 0.1) is 10.0 Å². The third-order valence-corrected chi connectivity index (χ3v) is 4.95. The van der Waals surface area contributed by atoms with Crippen LogP contribution >= 0.6 is 35.6 Å². The predicted octanol–water partition coefficient (Wildman–Crippen LogP) is 3.80. The Morgan fingerprint density at radius 3 is 2.77 bits per heavy atom. The van der Waals surface area contributed by atoms with Gasteiger partial charge in [-0.3, -0.25) is 4.79 Å². The number of halogens is 3. The number of aromatic nitrogens is 1. The number of benzene rings is 1. The van der Waals surface area contributed by atoms with Crippen LogP contribution in [-0.4, -0.2) is 41.1 Å². The van der Waals surface area contributed by atoms with Crippen molar-refractivity contribution in [1.29, 1.82) is 0 Å². The summed E-state index contributed by atoms with van der Waals surface area (Å²) in [6.07, 6.45) is 0. The number of carbonyl (C=O) groups is 1. The largest absolute Gasteiger partial charge is 0.482 e. The number of amides is 1. The monoisotopic (exact) mass is 419 g/mol. The standard InChI is InChI=1S/C17H19Cl2N3O3.ClH/c1-10-11(2)22(7-6-20-10)17(23)15-8-12(25-21-15)9-24-16-13(18)4-3-5-14(16)19;/h3-5,8,10-11,20H,6-7,9H2,1-2H3;1H. The number of para-hydroxylation sites is 1. The molecule has 1 N–H and O–H groups in total. The second-order valence-electron chi connectivity index (χ2n) is 6.00. The highest BCUT2D eigenvalue weighted by Crippen LogP contribution is 2.33. The molecule has 1 saturated heterocycles. The van der Waals surface area contributed by atoms with Crippen molar-refractivity contribution in [3.63, 3.8) is 0 Å². The summed E-state index contributed by atoms with van der Waals surface area (Å²) in [5.41, 5.74) is 0.268. The van der Waals surface area contributed by atoms with Gasteiger partial charge in [0.15, 0.2) is 17.2 Å². The summed E-state index contributed by atoms with van der Waals surface area (Å²) in [4.78, 5) is 14.4. The van der Waals surface area contributed by atoms with Crippen molar-refractivity contribution >= 4 is 41.5 Å². The molecule has 0 spiro atoms. The Balaban J connectivity index is 0.00000243. The topological polar surface area (TPSA) is 67.6 Å². The van der Waals surface area contributed by atoms with Gasteiger partial charge in [-0.25, -0.2) is 0 Å². The zero-order valence-electron chi connectivity index (χ0n) is 14.4. The zero-order chi connectivity index (χ0) is 18.0. The number of nitrogens with zero attached hydrogens (tertiary/aromatic N) is 2. The molecule has 2 aromatic rings. The van der Waals surface area contributed by atoms with Gasteiger partial charge in [-0.05, 0) is 26.0 Å². The van der Waals surface area contributed by atoms with Crippen LogP contribution in [0.15, 0.2) is 28.8 Å². The van der Waals surface area contributed by atoms with Gasteiger partial charge in [-0.15, -0.1) is 12.4 Å². The van der Waals surface area contributed by atoms with Crippen molar-refractivity contribution in [2.75, 3.05) is 13.1 Å². The van der Waals surface area contributed by atoms with Crippen LogP contribution in [-0.2, 0) is 6.61 Å². The fourth-order valence-corrected chi connectivity index (χ4v) is 3.24. The van der Waals surface area contributed by atoms with E-state index in [1.54, 1.807) is 29.2 Å². The minimum Gasteiger partial charge on any atom is -0.482 e. The van der Waals surface area contributed by atoms with Crippen LogP contribution < -0.4 is 10.1 Å². The van der Waals surface area contributed by atoms with Crippen LogP contribution in [0.2, 0.25) is 10.0 Å². The minimum atomic E-state index is -0.147. The van der Waals surface area contributed by atoms with E-state index in [0.717, 1.165) is 6.54 Å². The SMILES string of the molecule is CC1NCCN(C(=O)c2cc(COc3c(Cl)cccc3Cl)on2)C1C.Cl. The summed E-state index contributed by atoms with van der Waals surface area (Å²) < 4.78 is 10.8. The van der Waals surface area contributed by atoms with E-state index >= 15 is 0 Å². The molecule has 0 aliphatic carbocycles. The van der Waals surface area contributed by atoms with E-state index in [1.807, 2.05) is 6.92 Å². The van der Waals surface area contributed by atoms with E-state index in [9.17, 15) is 4.79 Å². The van der Waals surface area contributed by atoms with Crippen LogP contribution in [0.1, 0.15) is 30.1 Å². The molecule has 0 saturated carbocycles. The normalized spacial score (nSPS) is 19.8. The molecule has 6 nitrogen and oxygen atoms in total.